The van der Waals surface area contributed by atoms with Gasteiger partial charge in [0.2, 0.25) is 11.8 Å². The van der Waals surface area contributed by atoms with Crippen LogP contribution in [-0.2, 0) is 13.6 Å². The topological polar surface area (TPSA) is 147 Å². The second kappa shape index (κ2) is 13.9. The van der Waals surface area contributed by atoms with Crippen molar-refractivity contribution in [3.05, 3.63) is 96.7 Å². The maximum Gasteiger partial charge on any atom is 0.323 e. The van der Waals surface area contributed by atoms with Crippen molar-refractivity contribution in [2.75, 3.05) is 17.3 Å². The maximum absolute atomic E-state index is 13.7. The number of methoxy groups -OCH3 is 1. The van der Waals surface area contributed by atoms with Crippen molar-refractivity contribution in [2.24, 2.45) is 7.05 Å². The molecule has 6 rings (SSSR count). The minimum Gasteiger partial charge on any atom is -0.481 e. The standard InChI is InChI=1S/C34H34N10O2/c1-43-22-26(21-40-43)24-10-15-30(37-19-24)44(34(45)39-18-23-7-4-3-5-8-23)28-13-11-27(12-14-28)41-33-38-20-25(17-35)31(42-33)29-9-6-16-36-32(29)46-2/h3-10,15-16,19-22,27-28H,11-14,18H2,1-2H3,(H,39,45)(H,38,41,42)/t27-,28-. The first kappa shape index (κ1) is 30.2. The number of anilines is 2. The fourth-order valence-electron chi connectivity index (χ4n) is 5.72. The molecule has 1 aliphatic carbocycles. The van der Waals surface area contributed by atoms with Crippen LogP contribution in [-0.4, -0.2) is 54.9 Å². The van der Waals surface area contributed by atoms with Crippen LogP contribution in [0.15, 0.2) is 85.6 Å². The molecule has 0 aliphatic heterocycles. The number of ether oxygens (including phenoxy) is 1. The maximum atomic E-state index is 13.7. The number of pyridine rings is 2. The van der Waals surface area contributed by atoms with Gasteiger partial charge in [-0.15, -0.1) is 0 Å². The molecule has 2 N–H and O–H groups in total. The van der Waals surface area contributed by atoms with E-state index in [2.05, 4.69) is 36.8 Å². The molecule has 1 aromatic carbocycles. The summed E-state index contributed by atoms with van der Waals surface area (Å²) in [6, 6.07) is 19.3. The Kier molecular flexibility index (Phi) is 9.10. The molecular weight excluding hydrogens is 580 g/mol. The number of aryl methyl sites for hydroxylation is 1. The van der Waals surface area contributed by atoms with E-state index in [1.54, 1.807) is 34.2 Å². The third kappa shape index (κ3) is 6.78. The molecule has 2 amide bonds. The fourth-order valence-corrected chi connectivity index (χ4v) is 5.72. The smallest absolute Gasteiger partial charge is 0.323 e. The van der Waals surface area contributed by atoms with E-state index in [-0.39, 0.29) is 18.1 Å². The van der Waals surface area contributed by atoms with Crippen LogP contribution in [0.4, 0.5) is 16.6 Å². The minimum atomic E-state index is -0.188. The van der Waals surface area contributed by atoms with Gasteiger partial charge in [-0.05, 0) is 55.5 Å². The summed E-state index contributed by atoms with van der Waals surface area (Å²) >= 11 is 0. The van der Waals surface area contributed by atoms with Crippen molar-refractivity contribution in [1.82, 2.24) is 35.0 Å². The minimum absolute atomic E-state index is 0.0531. The van der Waals surface area contributed by atoms with E-state index in [1.165, 1.54) is 13.3 Å². The van der Waals surface area contributed by atoms with Gasteiger partial charge in [0.1, 0.15) is 11.9 Å². The van der Waals surface area contributed by atoms with Gasteiger partial charge in [-0.3, -0.25) is 9.58 Å². The van der Waals surface area contributed by atoms with Crippen LogP contribution in [0.25, 0.3) is 22.4 Å². The van der Waals surface area contributed by atoms with Crippen molar-refractivity contribution < 1.29 is 9.53 Å². The molecular formula is C34H34N10O2. The molecule has 4 aromatic heterocycles. The Labute approximate surface area is 267 Å². The number of amides is 2. The highest BCUT2D eigenvalue weighted by Crippen LogP contribution is 2.32. The average molecular weight is 615 g/mol. The zero-order valence-electron chi connectivity index (χ0n) is 25.7. The van der Waals surface area contributed by atoms with Crippen LogP contribution < -0.4 is 20.3 Å². The van der Waals surface area contributed by atoms with Gasteiger partial charge in [-0.2, -0.15) is 10.4 Å². The van der Waals surface area contributed by atoms with Gasteiger partial charge < -0.3 is 15.4 Å². The van der Waals surface area contributed by atoms with Crippen molar-refractivity contribution in [2.45, 2.75) is 44.3 Å². The van der Waals surface area contributed by atoms with Crippen LogP contribution in [0.1, 0.15) is 36.8 Å². The van der Waals surface area contributed by atoms with Crippen molar-refractivity contribution in [3.8, 4) is 34.3 Å². The molecule has 1 aliphatic rings. The summed E-state index contributed by atoms with van der Waals surface area (Å²) in [4.78, 5) is 33.6. The Hall–Kier alpha value is -5.83. The van der Waals surface area contributed by atoms with E-state index in [0.717, 1.165) is 42.4 Å². The molecule has 12 heteroatoms. The van der Waals surface area contributed by atoms with Crippen LogP contribution >= 0.6 is 0 Å². The zero-order valence-corrected chi connectivity index (χ0v) is 25.7. The quantitative estimate of drug-likeness (QED) is 0.224. The lowest BCUT2D eigenvalue weighted by atomic mass is 9.90. The normalized spacial score (nSPS) is 15.8. The van der Waals surface area contributed by atoms with E-state index >= 15 is 0 Å². The zero-order chi connectivity index (χ0) is 31.9. The van der Waals surface area contributed by atoms with Crippen LogP contribution in [0.2, 0.25) is 0 Å². The molecule has 1 saturated carbocycles. The lowest BCUT2D eigenvalue weighted by molar-refractivity contribution is 0.240. The molecule has 4 heterocycles. The van der Waals surface area contributed by atoms with E-state index in [1.807, 2.05) is 61.8 Å². The molecule has 0 saturated heterocycles. The number of rotatable bonds is 9. The summed E-state index contributed by atoms with van der Waals surface area (Å²) in [6.07, 6.45) is 11.7. The molecule has 5 aromatic rings. The Balaban J connectivity index is 1.18. The molecule has 0 radical (unpaired) electrons. The Morgan fingerprint density at radius 3 is 2.52 bits per heavy atom. The van der Waals surface area contributed by atoms with E-state index in [9.17, 15) is 10.1 Å². The molecule has 232 valence electrons. The molecule has 0 spiro atoms. The first-order valence-electron chi connectivity index (χ1n) is 15.1. The fraction of sp³-hybridized carbons (Fsp3) is 0.265. The van der Waals surface area contributed by atoms with Gasteiger partial charge >= 0.3 is 6.03 Å². The molecule has 12 nitrogen and oxygen atoms in total. The number of nitriles is 1. The number of nitrogens with zero attached hydrogens (tertiary/aromatic N) is 8. The van der Waals surface area contributed by atoms with Crippen molar-refractivity contribution >= 4 is 17.8 Å². The lowest BCUT2D eigenvalue weighted by Gasteiger charge is -2.36. The molecule has 0 unspecified atom stereocenters. The molecule has 46 heavy (non-hydrogen) atoms. The first-order valence-corrected chi connectivity index (χ1v) is 15.1. The summed E-state index contributed by atoms with van der Waals surface area (Å²) in [5, 5.41) is 20.5. The van der Waals surface area contributed by atoms with Gasteiger partial charge in [-0.1, -0.05) is 30.3 Å². The SMILES string of the molecule is COc1ncccc1-c1nc(N[C@H]2CC[C@H](N(C(=O)NCc3ccccc3)c3ccc(-c4cnn(C)c4)cn3)CC2)ncc1C#N. The van der Waals surface area contributed by atoms with E-state index in [4.69, 9.17) is 9.72 Å². The lowest BCUT2D eigenvalue weighted by Crippen LogP contribution is -2.49. The number of carbonyl (C=O) groups is 1. The number of hydrogen-bond donors (Lipinski definition) is 2. The van der Waals surface area contributed by atoms with Crippen molar-refractivity contribution in [1.29, 1.82) is 5.26 Å². The predicted molar refractivity (Wildman–Crippen MR) is 174 cm³/mol. The average Bonchev–Trinajstić information content (AvgIpc) is 3.55. The largest absolute Gasteiger partial charge is 0.481 e. The predicted octanol–water partition coefficient (Wildman–Crippen LogP) is 5.35. The van der Waals surface area contributed by atoms with Gasteiger partial charge in [0.15, 0.2) is 0 Å². The Bertz CT molecular complexity index is 1830. The number of carbonyl (C=O) groups excluding carboxylic acids is 1. The van der Waals surface area contributed by atoms with E-state index < -0.39 is 0 Å². The molecule has 0 atom stereocenters. The van der Waals surface area contributed by atoms with Crippen LogP contribution in [0.3, 0.4) is 0 Å². The molecule has 0 bridgehead atoms. The highest BCUT2D eigenvalue weighted by molar-refractivity contribution is 5.91. The van der Waals surface area contributed by atoms with Gasteiger partial charge in [-0.25, -0.2) is 24.7 Å². The number of benzene rings is 1. The number of aromatic nitrogens is 6. The highest BCUT2D eigenvalue weighted by Gasteiger charge is 2.31. The van der Waals surface area contributed by atoms with Gasteiger partial charge in [0.05, 0.1) is 36.3 Å². The van der Waals surface area contributed by atoms with Crippen LogP contribution in [0.5, 0.6) is 5.88 Å². The summed E-state index contributed by atoms with van der Waals surface area (Å²) in [5.74, 6) is 1.41. The van der Waals surface area contributed by atoms with Crippen LogP contribution in [0, 0.1) is 11.3 Å². The third-order valence-corrected chi connectivity index (χ3v) is 8.06. The second-order valence-electron chi connectivity index (χ2n) is 11.1. The van der Waals surface area contributed by atoms with Gasteiger partial charge in [0, 0.05) is 55.4 Å². The number of hydrogen-bond acceptors (Lipinski definition) is 9. The van der Waals surface area contributed by atoms with E-state index in [0.29, 0.717) is 41.0 Å². The molecule has 1 fully saturated rings. The summed E-state index contributed by atoms with van der Waals surface area (Å²) < 4.78 is 7.15. The monoisotopic (exact) mass is 614 g/mol. The van der Waals surface area contributed by atoms with Gasteiger partial charge in [0.25, 0.3) is 0 Å². The number of urea groups is 1. The summed E-state index contributed by atoms with van der Waals surface area (Å²) in [7, 11) is 3.41. The Morgan fingerprint density at radius 2 is 1.83 bits per heavy atom. The summed E-state index contributed by atoms with van der Waals surface area (Å²) in [6.45, 7) is 0.418. The summed E-state index contributed by atoms with van der Waals surface area (Å²) in [5.41, 5.74) is 4.33. The number of nitrogens with one attached hydrogen (secondary N) is 2. The first-order chi connectivity index (χ1) is 22.5. The second-order valence-corrected chi connectivity index (χ2v) is 11.1. The van der Waals surface area contributed by atoms with Crippen molar-refractivity contribution in [3.63, 3.8) is 0 Å². The third-order valence-electron chi connectivity index (χ3n) is 8.06. The Morgan fingerprint density at radius 1 is 1.00 bits per heavy atom. The highest BCUT2D eigenvalue weighted by atomic mass is 16.5.